The topological polar surface area (TPSA) is 44.1 Å². The zero-order chi connectivity index (χ0) is 13.1. The van der Waals surface area contributed by atoms with Gasteiger partial charge in [0.05, 0.1) is 10.2 Å². The van der Waals surface area contributed by atoms with Crippen LogP contribution in [0.1, 0.15) is 6.92 Å². The van der Waals surface area contributed by atoms with Gasteiger partial charge >= 0.3 is 0 Å². The Labute approximate surface area is 127 Å². The second kappa shape index (κ2) is 5.83. The van der Waals surface area contributed by atoms with Crippen LogP contribution in [0.4, 0.5) is 0 Å². The molecule has 0 N–H and O–H groups in total. The number of halogens is 2. The largest absolute Gasteiger partial charge is 0.485 e. The van der Waals surface area contributed by atoms with Gasteiger partial charge in [0.15, 0.2) is 5.78 Å². The summed E-state index contributed by atoms with van der Waals surface area (Å²) in [7, 11) is 0. The maximum Gasteiger partial charge on any atom is 0.167 e. The third-order valence-electron chi connectivity index (χ3n) is 2.18. The fourth-order valence-corrected chi connectivity index (χ4v) is 3.00. The summed E-state index contributed by atoms with van der Waals surface area (Å²) in [4.78, 5) is 10.9. The SMILES string of the molecule is CC(=O)COc1cc(-n2cccn2)c(I)cc1Br. The van der Waals surface area contributed by atoms with Crippen LogP contribution in [0.3, 0.4) is 0 Å². The lowest BCUT2D eigenvalue weighted by Gasteiger charge is -2.11. The van der Waals surface area contributed by atoms with E-state index in [1.807, 2.05) is 24.4 Å². The van der Waals surface area contributed by atoms with Crippen molar-refractivity contribution in [2.45, 2.75) is 6.92 Å². The van der Waals surface area contributed by atoms with E-state index in [1.165, 1.54) is 6.92 Å². The molecule has 0 bridgehead atoms. The Hall–Kier alpha value is -0.890. The Kier molecular flexibility index (Phi) is 4.39. The first-order valence-electron chi connectivity index (χ1n) is 5.19. The number of ether oxygens (including phenoxy) is 1. The molecule has 0 radical (unpaired) electrons. The van der Waals surface area contributed by atoms with E-state index in [0.29, 0.717) is 5.75 Å². The Morgan fingerprint density at radius 2 is 2.33 bits per heavy atom. The van der Waals surface area contributed by atoms with Gasteiger partial charge in [-0.05, 0) is 57.6 Å². The smallest absolute Gasteiger partial charge is 0.167 e. The normalized spacial score (nSPS) is 10.4. The number of benzene rings is 1. The standard InChI is InChI=1S/C12H10BrIN2O2/c1-8(17)7-18-12-6-11(10(14)5-9(12)13)16-4-2-3-15-16/h2-6H,7H2,1H3. The predicted molar refractivity (Wildman–Crippen MR) is 80.2 cm³/mol. The van der Waals surface area contributed by atoms with Crippen molar-refractivity contribution in [2.24, 2.45) is 0 Å². The number of Topliss-reactive ketones (excluding diaryl/α,β-unsaturated/α-hetero) is 1. The van der Waals surface area contributed by atoms with E-state index in [9.17, 15) is 4.79 Å². The highest BCUT2D eigenvalue weighted by atomic mass is 127. The van der Waals surface area contributed by atoms with E-state index in [2.05, 4.69) is 43.6 Å². The number of rotatable bonds is 4. The lowest BCUT2D eigenvalue weighted by Crippen LogP contribution is -2.08. The van der Waals surface area contributed by atoms with Crippen molar-refractivity contribution >= 4 is 44.3 Å². The van der Waals surface area contributed by atoms with Gasteiger partial charge in [0.1, 0.15) is 12.4 Å². The van der Waals surface area contributed by atoms with Gasteiger partial charge in [-0.1, -0.05) is 0 Å². The second-order valence-corrected chi connectivity index (χ2v) is 5.69. The Morgan fingerprint density at radius 1 is 1.56 bits per heavy atom. The summed E-state index contributed by atoms with van der Waals surface area (Å²) in [5, 5.41) is 4.19. The van der Waals surface area contributed by atoms with E-state index in [1.54, 1.807) is 10.9 Å². The average Bonchev–Trinajstić information content (AvgIpc) is 2.81. The first kappa shape index (κ1) is 13.5. The molecule has 1 aromatic carbocycles. The highest BCUT2D eigenvalue weighted by molar-refractivity contribution is 14.1. The first-order valence-corrected chi connectivity index (χ1v) is 7.06. The van der Waals surface area contributed by atoms with Crippen LogP contribution in [-0.4, -0.2) is 22.2 Å². The molecule has 18 heavy (non-hydrogen) atoms. The van der Waals surface area contributed by atoms with Crippen LogP contribution in [0.15, 0.2) is 35.1 Å². The highest BCUT2D eigenvalue weighted by Crippen LogP contribution is 2.31. The lowest BCUT2D eigenvalue weighted by atomic mass is 10.3. The highest BCUT2D eigenvalue weighted by Gasteiger charge is 2.10. The van der Waals surface area contributed by atoms with Crippen LogP contribution < -0.4 is 4.74 Å². The summed E-state index contributed by atoms with van der Waals surface area (Å²) in [5.41, 5.74) is 0.919. The third-order valence-corrected chi connectivity index (χ3v) is 3.67. The van der Waals surface area contributed by atoms with Crippen molar-refractivity contribution in [1.82, 2.24) is 9.78 Å². The number of ketones is 1. The molecule has 0 spiro atoms. The molecular weight excluding hydrogens is 411 g/mol. The zero-order valence-corrected chi connectivity index (χ0v) is 13.3. The van der Waals surface area contributed by atoms with Crippen molar-refractivity contribution < 1.29 is 9.53 Å². The molecule has 0 atom stereocenters. The third kappa shape index (κ3) is 3.11. The van der Waals surface area contributed by atoms with E-state index in [-0.39, 0.29) is 12.4 Å². The Balaban J connectivity index is 2.37. The summed E-state index contributed by atoms with van der Waals surface area (Å²) in [6.07, 6.45) is 3.58. The van der Waals surface area contributed by atoms with Crippen molar-refractivity contribution in [3.8, 4) is 11.4 Å². The number of carbonyl (C=O) groups excluding carboxylic acids is 1. The van der Waals surface area contributed by atoms with E-state index >= 15 is 0 Å². The van der Waals surface area contributed by atoms with Gasteiger partial charge in [-0.25, -0.2) is 4.68 Å². The molecule has 4 nitrogen and oxygen atoms in total. The van der Waals surface area contributed by atoms with Crippen LogP contribution in [0.25, 0.3) is 5.69 Å². The average molecular weight is 421 g/mol. The lowest BCUT2D eigenvalue weighted by molar-refractivity contribution is -0.118. The Morgan fingerprint density at radius 3 is 2.94 bits per heavy atom. The molecule has 2 rings (SSSR count). The first-order chi connectivity index (χ1) is 8.58. The fourth-order valence-electron chi connectivity index (χ4n) is 1.40. The molecular formula is C12H10BrIN2O2. The van der Waals surface area contributed by atoms with E-state index in [0.717, 1.165) is 13.7 Å². The molecule has 0 saturated heterocycles. The predicted octanol–water partition coefficient (Wildman–Crippen LogP) is 3.21. The second-order valence-electron chi connectivity index (χ2n) is 3.68. The van der Waals surface area contributed by atoms with Crippen molar-refractivity contribution in [1.29, 1.82) is 0 Å². The number of aromatic nitrogens is 2. The molecule has 0 aliphatic heterocycles. The maximum atomic E-state index is 10.9. The van der Waals surface area contributed by atoms with Crippen molar-refractivity contribution in [3.05, 3.63) is 38.6 Å². The van der Waals surface area contributed by atoms with E-state index < -0.39 is 0 Å². The molecule has 1 aromatic heterocycles. The van der Waals surface area contributed by atoms with Crippen LogP contribution in [0.5, 0.6) is 5.75 Å². The molecule has 0 fully saturated rings. The molecule has 2 aromatic rings. The monoisotopic (exact) mass is 420 g/mol. The van der Waals surface area contributed by atoms with Gasteiger partial charge in [0, 0.05) is 22.0 Å². The number of hydrogen-bond acceptors (Lipinski definition) is 3. The van der Waals surface area contributed by atoms with Crippen molar-refractivity contribution in [3.63, 3.8) is 0 Å². The van der Waals surface area contributed by atoms with Crippen molar-refractivity contribution in [2.75, 3.05) is 6.61 Å². The van der Waals surface area contributed by atoms with Gasteiger partial charge in [-0.2, -0.15) is 5.10 Å². The molecule has 94 valence electrons. The summed E-state index contributed by atoms with van der Waals surface area (Å²) in [6.45, 7) is 1.56. The molecule has 0 aliphatic rings. The van der Waals surface area contributed by atoms with Gasteiger partial charge in [-0.3, -0.25) is 4.79 Å². The Bertz CT molecular complexity index is 570. The van der Waals surface area contributed by atoms with Gasteiger partial charge in [0.25, 0.3) is 0 Å². The van der Waals surface area contributed by atoms with E-state index in [4.69, 9.17) is 4.74 Å². The molecule has 1 heterocycles. The van der Waals surface area contributed by atoms with Gasteiger partial charge < -0.3 is 4.74 Å². The molecule has 0 amide bonds. The zero-order valence-electron chi connectivity index (χ0n) is 9.56. The minimum atomic E-state index is -0.0129. The van der Waals surface area contributed by atoms with Crippen LogP contribution in [0.2, 0.25) is 0 Å². The number of carbonyl (C=O) groups is 1. The number of hydrogen-bond donors (Lipinski definition) is 0. The summed E-state index contributed by atoms with van der Waals surface area (Å²) in [5.74, 6) is 0.622. The van der Waals surface area contributed by atoms with Crippen LogP contribution in [0, 0.1) is 3.57 Å². The van der Waals surface area contributed by atoms with Gasteiger partial charge in [-0.15, -0.1) is 0 Å². The minimum Gasteiger partial charge on any atom is -0.485 e. The van der Waals surface area contributed by atoms with Crippen LogP contribution >= 0.6 is 38.5 Å². The molecule has 0 saturated carbocycles. The minimum absolute atomic E-state index is 0.0129. The fraction of sp³-hybridized carbons (Fsp3) is 0.167. The van der Waals surface area contributed by atoms with Gasteiger partial charge in [0.2, 0.25) is 0 Å². The molecule has 0 unspecified atom stereocenters. The summed E-state index contributed by atoms with van der Waals surface area (Å²) in [6, 6.07) is 5.66. The molecule has 6 heteroatoms. The molecule has 0 aliphatic carbocycles. The maximum absolute atomic E-state index is 10.9. The van der Waals surface area contributed by atoms with Crippen LogP contribution in [-0.2, 0) is 4.79 Å². The summed E-state index contributed by atoms with van der Waals surface area (Å²) >= 11 is 5.66. The quantitative estimate of drug-likeness (QED) is 0.713. The number of nitrogens with zero attached hydrogens (tertiary/aromatic N) is 2. The summed E-state index contributed by atoms with van der Waals surface area (Å²) < 4.78 is 9.07.